The Bertz CT molecular complexity index is 1200. The number of carbonyl (C=O) groups excluding carboxylic acids is 2. The predicted octanol–water partition coefficient (Wildman–Crippen LogP) is 5.71. The van der Waals surface area contributed by atoms with Crippen molar-refractivity contribution in [3.8, 4) is 0 Å². The van der Waals surface area contributed by atoms with Crippen LogP contribution >= 0.6 is 11.8 Å². The van der Waals surface area contributed by atoms with Crippen molar-refractivity contribution in [1.82, 2.24) is 10.0 Å². The molecule has 8 heteroatoms. The summed E-state index contributed by atoms with van der Waals surface area (Å²) in [6.45, 7) is 6.07. The van der Waals surface area contributed by atoms with Crippen molar-refractivity contribution in [1.29, 1.82) is 0 Å². The largest absolute Gasteiger partial charge is 0.438 e. The van der Waals surface area contributed by atoms with E-state index in [0.717, 1.165) is 21.0 Å². The third kappa shape index (κ3) is 7.28. The van der Waals surface area contributed by atoms with Crippen molar-refractivity contribution in [2.24, 2.45) is 5.92 Å². The van der Waals surface area contributed by atoms with Crippen LogP contribution in [0.5, 0.6) is 0 Å². The molecule has 1 aliphatic heterocycles. The number of hydrazine groups is 1. The summed E-state index contributed by atoms with van der Waals surface area (Å²) in [4.78, 5) is 28.4. The standard InChI is InChI=1S/C31H36N2O5S/c1-22(2)32-23(3)29(25-15-9-5-10-16-25)38-31(36)33(32)30(35)27(21-39-26-17-11-6-12-18-26)28(34)20-37-19-24-13-7-4-8-14-24/h4-18,22-23,27-29,34H,19-21H2,1-3H3/t23-,27-,28+,29-/m0/s1. The van der Waals surface area contributed by atoms with Crippen LogP contribution in [0.15, 0.2) is 95.9 Å². The number of hydrogen-bond donors (Lipinski definition) is 1. The zero-order valence-electron chi connectivity index (χ0n) is 22.6. The second-order valence-electron chi connectivity index (χ2n) is 9.88. The molecule has 0 bridgehead atoms. The van der Waals surface area contributed by atoms with Gasteiger partial charge in [0, 0.05) is 16.7 Å². The van der Waals surface area contributed by atoms with Crippen molar-refractivity contribution in [2.75, 3.05) is 12.4 Å². The first-order valence-corrected chi connectivity index (χ1v) is 14.2. The maximum absolute atomic E-state index is 14.1. The summed E-state index contributed by atoms with van der Waals surface area (Å²) in [5.41, 5.74) is 1.83. The van der Waals surface area contributed by atoms with Crippen LogP contribution < -0.4 is 0 Å². The van der Waals surface area contributed by atoms with Crippen LogP contribution in [0.3, 0.4) is 0 Å². The number of aliphatic hydroxyl groups is 1. The average molecular weight is 549 g/mol. The van der Waals surface area contributed by atoms with Crippen LogP contribution in [0.1, 0.15) is 38.0 Å². The van der Waals surface area contributed by atoms with E-state index in [2.05, 4.69) is 0 Å². The van der Waals surface area contributed by atoms with Gasteiger partial charge >= 0.3 is 6.09 Å². The van der Waals surface area contributed by atoms with Gasteiger partial charge < -0.3 is 14.6 Å². The molecular formula is C31H36N2O5S. The molecular weight excluding hydrogens is 512 g/mol. The van der Waals surface area contributed by atoms with Crippen LogP contribution in [0.2, 0.25) is 0 Å². The van der Waals surface area contributed by atoms with Gasteiger partial charge in [-0.1, -0.05) is 78.9 Å². The number of carbonyl (C=O) groups is 2. The third-order valence-corrected chi connectivity index (χ3v) is 7.84. The van der Waals surface area contributed by atoms with Crippen molar-refractivity contribution in [3.63, 3.8) is 0 Å². The van der Waals surface area contributed by atoms with E-state index in [1.807, 2.05) is 112 Å². The summed E-state index contributed by atoms with van der Waals surface area (Å²) >= 11 is 1.45. The quantitative estimate of drug-likeness (QED) is 0.308. The highest BCUT2D eigenvalue weighted by molar-refractivity contribution is 7.99. The molecule has 206 valence electrons. The lowest BCUT2D eigenvalue weighted by atomic mass is 10.00. The molecule has 0 aromatic heterocycles. The second kappa shape index (κ2) is 13.8. The lowest BCUT2D eigenvalue weighted by molar-refractivity contribution is -0.182. The number of aliphatic hydroxyl groups excluding tert-OH is 1. The monoisotopic (exact) mass is 548 g/mol. The van der Waals surface area contributed by atoms with Gasteiger partial charge in [-0.15, -0.1) is 11.8 Å². The number of ether oxygens (including phenoxy) is 2. The fourth-order valence-corrected chi connectivity index (χ4v) is 5.85. The summed E-state index contributed by atoms with van der Waals surface area (Å²) in [5, 5.41) is 14.1. The molecule has 0 radical (unpaired) electrons. The number of thioether (sulfide) groups is 1. The van der Waals surface area contributed by atoms with E-state index in [1.54, 1.807) is 5.01 Å². The first-order valence-electron chi connectivity index (χ1n) is 13.2. The van der Waals surface area contributed by atoms with E-state index in [4.69, 9.17) is 9.47 Å². The molecule has 1 aliphatic rings. The van der Waals surface area contributed by atoms with Gasteiger partial charge in [-0.3, -0.25) is 4.79 Å². The molecule has 0 spiro atoms. The van der Waals surface area contributed by atoms with Crippen molar-refractivity contribution in [3.05, 3.63) is 102 Å². The first kappa shape index (κ1) is 28.8. The minimum absolute atomic E-state index is 0.0482. The van der Waals surface area contributed by atoms with Crippen LogP contribution in [0.4, 0.5) is 4.79 Å². The van der Waals surface area contributed by atoms with Gasteiger partial charge in [-0.2, -0.15) is 10.0 Å². The number of hydrogen-bond acceptors (Lipinski definition) is 7. The van der Waals surface area contributed by atoms with Gasteiger partial charge in [0.15, 0.2) is 0 Å². The third-order valence-electron chi connectivity index (χ3n) is 6.71. The molecule has 0 unspecified atom stereocenters. The summed E-state index contributed by atoms with van der Waals surface area (Å²) in [7, 11) is 0. The van der Waals surface area contributed by atoms with Crippen molar-refractivity contribution in [2.45, 2.75) is 56.6 Å². The minimum Gasteiger partial charge on any atom is -0.438 e. The van der Waals surface area contributed by atoms with Crippen LogP contribution in [0, 0.1) is 5.92 Å². The number of amides is 2. The SMILES string of the molecule is CC(C)N1[C@@H](C)[C@@H](c2ccccc2)OC(=O)N1C(=O)[C@@H](CSc1ccccc1)[C@H](O)COCc1ccccc1. The molecule has 0 saturated carbocycles. The number of nitrogens with zero attached hydrogens (tertiary/aromatic N) is 2. The normalized spacial score (nSPS) is 19.5. The molecule has 7 nitrogen and oxygen atoms in total. The Morgan fingerprint density at radius 1 is 0.974 bits per heavy atom. The second-order valence-corrected chi connectivity index (χ2v) is 11.0. The highest BCUT2D eigenvalue weighted by atomic mass is 32.2. The number of benzene rings is 3. The van der Waals surface area contributed by atoms with Crippen molar-refractivity contribution >= 4 is 23.8 Å². The molecule has 1 fully saturated rings. The summed E-state index contributed by atoms with van der Waals surface area (Å²) in [6.07, 6.45) is -2.39. The smallest absolute Gasteiger partial charge is 0.432 e. The molecule has 1 heterocycles. The Labute approximate surface area is 234 Å². The van der Waals surface area contributed by atoms with E-state index in [-0.39, 0.29) is 24.4 Å². The maximum Gasteiger partial charge on any atom is 0.432 e. The lowest BCUT2D eigenvalue weighted by Crippen LogP contribution is -2.64. The average Bonchev–Trinajstić information content (AvgIpc) is 2.95. The van der Waals surface area contributed by atoms with E-state index in [1.165, 1.54) is 11.8 Å². The molecule has 2 amide bonds. The number of cyclic esters (lactones) is 1. The molecule has 3 aromatic rings. The van der Waals surface area contributed by atoms with Gasteiger partial charge in [-0.05, 0) is 44.0 Å². The molecule has 0 aliphatic carbocycles. The highest BCUT2D eigenvalue weighted by Gasteiger charge is 2.47. The van der Waals surface area contributed by atoms with Gasteiger partial charge in [0.25, 0.3) is 5.91 Å². The Hall–Kier alpha value is -3.17. The van der Waals surface area contributed by atoms with Gasteiger partial charge in [-0.25, -0.2) is 4.79 Å². The van der Waals surface area contributed by atoms with Gasteiger partial charge in [0.1, 0.15) is 6.10 Å². The Kier molecular flexibility index (Phi) is 10.2. The predicted molar refractivity (Wildman–Crippen MR) is 152 cm³/mol. The fourth-order valence-electron chi connectivity index (χ4n) is 4.76. The summed E-state index contributed by atoms with van der Waals surface area (Å²) in [6, 6.07) is 28.4. The molecule has 4 rings (SSSR count). The van der Waals surface area contributed by atoms with Crippen LogP contribution in [0.25, 0.3) is 0 Å². The topological polar surface area (TPSA) is 79.3 Å². The van der Waals surface area contributed by atoms with E-state index in [9.17, 15) is 14.7 Å². The van der Waals surface area contributed by atoms with Gasteiger partial charge in [0.2, 0.25) is 0 Å². The van der Waals surface area contributed by atoms with E-state index < -0.39 is 30.1 Å². The highest BCUT2D eigenvalue weighted by Crippen LogP contribution is 2.34. The molecule has 1 N–H and O–H groups in total. The number of rotatable bonds is 11. The molecule has 3 aromatic carbocycles. The minimum atomic E-state index is -1.12. The zero-order chi connectivity index (χ0) is 27.8. The molecule has 39 heavy (non-hydrogen) atoms. The molecule has 1 saturated heterocycles. The van der Waals surface area contributed by atoms with Crippen molar-refractivity contribution < 1.29 is 24.2 Å². The first-order chi connectivity index (χ1) is 18.9. The van der Waals surface area contributed by atoms with Gasteiger partial charge in [0.05, 0.1) is 31.3 Å². The summed E-state index contributed by atoms with van der Waals surface area (Å²) in [5.74, 6) is -1.14. The summed E-state index contributed by atoms with van der Waals surface area (Å²) < 4.78 is 11.6. The fraction of sp³-hybridized carbons (Fsp3) is 0.355. The van der Waals surface area contributed by atoms with Crippen LogP contribution in [-0.2, 0) is 20.9 Å². The van der Waals surface area contributed by atoms with E-state index >= 15 is 0 Å². The maximum atomic E-state index is 14.1. The Morgan fingerprint density at radius 2 is 1.56 bits per heavy atom. The molecule has 4 atom stereocenters. The van der Waals surface area contributed by atoms with Crippen LogP contribution in [-0.4, -0.2) is 57.7 Å². The Morgan fingerprint density at radius 3 is 2.18 bits per heavy atom. The Balaban J connectivity index is 1.55. The zero-order valence-corrected chi connectivity index (χ0v) is 23.4. The number of imide groups is 1. The lowest BCUT2D eigenvalue weighted by Gasteiger charge is -2.47. The van der Waals surface area contributed by atoms with E-state index in [0.29, 0.717) is 6.61 Å².